The predicted molar refractivity (Wildman–Crippen MR) is 125 cm³/mol. The Bertz CT molecular complexity index is 1020. The van der Waals surface area contributed by atoms with E-state index in [9.17, 15) is 14.3 Å². The lowest BCUT2D eigenvalue weighted by Crippen LogP contribution is -2.25. The Morgan fingerprint density at radius 3 is 2.09 bits per heavy atom. The lowest BCUT2D eigenvalue weighted by atomic mass is 9.93. The highest BCUT2D eigenvalue weighted by atomic mass is 19.1. The number of carbonyl (C=O) groups is 1. The Hall–Kier alpha value is -2.70. The quantitative estimate of drug-likeness (QED) is 0.547. The van der Waals surface area contributed by atoms with Crippen molar-refractivity contribution in [2.45, 2.75) is 47.7 Å². The minimum Gasteiger partial charge on any atom is -0.507 e. The van der Waals surface area contributed by atoms with Crippen LogP contribution in [0.3, 0.4) is 0 Å². The zero-order chi connectivity index (χ0) is 23.4. The average molecular weight is 441 g/mol. The van der Waals surface area contributed by atoms with E-state index in [0.29, 0.717) is 35.5 Å². The number of phenolic OH excluding ortho intramolecular Hbond substituents is 1. The standard InChI is InChI=1S/C26H33FN2O3/c1-6-28(7-2)15-19-17(5)23-25(31)22(14-18-12-10-11-13-21(18)27)32-26(23)20(24(19)30)16-29(8-3)9-4/h10-14,30H,6-9,15-16H2,1-5H3. The van der Waals surface area contributed by atoms with Crippen LogP contribution in [0.5, 0.6) is 11.5 Å². The Morgan fingerprint density at radius 1 is 0.969 bits per heavy atom. The zero-order valence-electron chi connectivity index (χ0n) is 19.7. The molecular weight excluding hydrogens is 407 g/mol. The van der Waals surface area contributed by atoms with Crippen LogP contribution in [0, 0.1) is 12.7 Å². The van der Waals surface area contributed by atoms with Gasteiger partial charge in [-0.1, -0.05) is 45.9 Å². The molecule has 32 heavy (non-hydrogen) atoms. The smallest absolute Gasteiger partial charge is 0.232 e. The molecule has 0 aliphatic carbocycles. The fourth-order valence-corrected chi connectivity index (χ4v) is 4.12. The van der Waals surface area contributed by atoms with Crippen molar-refractivity contribution in [3.8, 4) is 11.5 Å². The maximum absolute atomic E-state index is 14.2. The van der Waals surface area contributed by atoms with E-state index in [1.165, 1.54) is 12.1 Å². The van der Waals surface area contributed by atoms with Gasteiger partial charge in [-0.05, 0) is 50.8 Å². The monoisotopic (exact) mass is 440 g/mol. The zero-order valence-corrected chi connectivity index (χ0v) is 19.7. The molecule has 3 rings (SSSR count). The van der Waals surface area contributed by atoms with Crippen LogP contribution in [0.4, 0.5) is 4.39 Å². The Balaban J connectivity index is 2.16. The Labute approximate surface area is 190 Å². The maximum atomic E-state index is 14.2. The van der Waals surface area contributed by atoms with Gasteiger partial charge in [-0.15, -0.1) is 0 Å². The van der Waals surface area contributed by atoms with Gasteiger partial charge in [-0.3, -0.25) is 14.6 Å². The molecule has 0 bridgehead atoms. The number of phenols is 1. The van der Waals surface area contributed by atoms with E-state index in [1.54, 1.807) is 18.2 Å². The van der Waals surface area contributed by atoms with Gasteiger partial charge in [-0.2, -0.15) is 0 Å². The first-order valence-corrected chi connectivity index (χ1v) is 11.4. The molecule has 0 fully saturated rings. The molecule has 1 N–H and O–H groups in total. The molecule has 0 radical (unpaired) electrons. The normalized spacial score (nSPS) is 14.5. The van der Waals surface area contributed by atoms with Crippen molar-refractivity contribution >= 4 is 11.9 Å². The predicted octanol–water partition coefficient (Wildman–Crippen LogP) is 5.14. The van der Waals surface area contributed by atoms with Crippen molar-refractivity contribution in [2.75, 3.05) is 26.2 Å². The van der Waals surface area contributed by atoms with Gasteiger partial charge in [0.15, 0.2) is 5.76 Å². The molecule has 0 saturated carbocycles. The van der Waals surface area contributed by atoms with Gasteiger partial charge in [0.1, 0.15) is 17.3 Å². The van der Waals surface area contributed by atoms with Crippen LogP contribution in [-0.2, 0) is 13.1 Å². The van der Waals surface area contributed by atoms with Crippen LogP contribution >= 0.6 is 0 Å². The number of Topliss-reactive ketones (excluding diaryl/α,β-unsaturated/α-hetero) is 1. The molecule has 1 heterocycles. The Morgan fingerprint density at radius 2 is 1.53 bits per heavy atom. The van der Waals surface area contributed by atoms with Gasteiger partial charge in [0.05, 0.1) is 11.1 Å². The average Bonchev–Trinajstić information content (AvgIpc) is 3.11. The number of rotatable bonds is 9. The second kappa shape index (κ2) is 10.3. The SMILES string of the molecule is CCN(CC)Cc1c(C)c2c(c(CN(CC)CC)c1O)OC(=Cc1ccccc1F)C2=O. The van der Waals surface area contributed by atoms with Crippen molar-refractivity contribution < 1.29 is 19.0 Å². The molecule has 2 aromatic rings. The summed E-state index contributed by atoms with van der Waals surface area (Å²) in [7, 11) is 0. The molecule has 2 aromatic carbocycles. The van der Waals surface area contributed by atoms with Crippen molar-refractivity contribution in [1.29, 1.82) is 0 Å². The summed E-state index contributed by atoms with van der Waals surface area (Å²) in [5, 5.41) is 11.3. The lowest BCUT2D eigenvalue weighted by molar-refractivity contribution is 0.101. The third-order valence-corrected chi connectivity index (χ3v) is 6.31. The topological polar surface area (TPSA) is 53.0 Å². The summed E-state index contributed by atoms with van der Waals surface area (Å²) in [5.74, 6) is -0.0453. The highest BCUT2D eigenvalue weighted by molar-refractivity contribution is 6.16. The molecular formula is C26H33FN2O3. The number of nitrogens with zero attached hydrogens (tertiary/aromatic N) is 2. The molecule has 0 saturated heterocycles. The number of hydrogen-bond donors (Lipinski definition) is 1. The summed E-state index contributed by atoms with van der Waals surface area (Å²) in [6.45, 7) is 14.4. The van der Waals surface area contributed by atoms with E-state index in [-0.39, 0.29) is 17.3 Å². The van der Waals surface area contributed by atoms with Gasteiger partial charge in [0, 0.05) is 24.2 Å². The van der Waals surface area contributed by atoms with Gasteiger partial charge in [0.25, 0.3) is 0 Å². The summed E-state index contributed by atoms with van der Waals surface area (Å²) in [4.78, 5) is 17.7. The van der Waals surface area contributed by atoms with E-state index in [4.69, 9.17) is 4.74 Å². The third-order valence-electron chi connectivity index (χ3n) is 6.31. The summed E-state index contributed by atoms with van der Waals surface area (Å²) in [6.07, 6.45) is 1.44. The maximum Gasteiger partial charge on any atom is 0.232 e. The molecule has 0 spiro atoms. The highest BCUT2D eigenvalue weighted by Crippen LogP contribution is 2.45. The molecule has 0 atom stereocenters. The van der Waals surface area contributed by atoms with E-state index >= 15 is 0 Å². The number of hydrogen-bond acceptors (Lipinski definition) is 5. The van der Waals surface area contributed by atoms with Crippen LogP contribution in [0.2, 0.25) is 0 Å². The van der Waals surface area contributed by atoms with Crippen LogP contribution in [0.1, 0.15) is 60.3 Å². The third kappa shape index (κ3) is 4.57. The number of aromatic hydroxyl groups is 1. The number of fused-ring (bicyclic) bond motifs is 1. The minimum absolute atomic E-state index is 0.0772. The molecule has 0 aromatic heterocycles. The van der Waals surface area contributed by atoms with E-state index in [1.807, 2.05) is 6.92 Å². The Kier molecular flexibility index (Phi) is 7.69. The summed E-state index contributed by atoms with van der Waals surface area (Å²) >= 11 is 0. The molecule has 1 aliphatic heterocycles. The largest absolute Gasteiger partial charge is 0.507 e. The van der Waals surface area contributed by atoms with Gasteiger partial charge in [0.2, 0.25) is 5.78 Å². The minimum atomic E-state index is -0.419. The fraction of sp³-hybridized carbons (Fsp3) is 0.423. The van der Waals surface area contributed by atoms with E-state index in [0.717, 1.165) is 37.3 Å². The second-order valence-corrected chi connectivity index (χ2v) is 8.02. The van der Waals surface area contributed by atoms with Crippen molar-refractivity contribution in [3.63, 3.8) is 0 Å². The van der Waals surface area contributed by atoms with Gasteiger partial charge >= 0.3 is 0 Å². The number of halogens is 1. The number of ether oxygens (including phenoxy) is 1. The van der Waals surface area contributed by atoms with E-state index < -0.39 is 5.82 Å². The first-order valence-electron chi connectivity index (χ1n) is 11.4. The van der Waals surface area contributed by atoms with Gasteiger partial charge < -0.3 is 9.84 Å². The number of benzene rings is 2. The van der Waals surface area contributed by atoms with Crippen LogP contribution in [0.15, 0.2) is 30.0 Å². The van der Waals surface area contributed by atoms with Crippen LogP contribution in [0.25, 0.3) is 6.08 Å². The fourth-order valence-electron chi connectivity index (χ4n) is 4.12. The molecule has 0 amide bonds. The molecule has 1 aliphatic rings. The van der Waals surface area contributed by atoms with Crippen molar-refractivity contribution in [3.05, 3.63) is 63.7 Å². The number of allylic oxidation sites excluding steroid dienone is 1. The van der Waals surface area contributed by atoms with Crippen molar-refractivity contribution in [1.82, 2.24) is 9.80 Å². The summed E-state index contributed by atoms with van der Waals surface area (Å²) in [5.41, 5.74) is 2.84. The molecule has 0 unspecified atom stereocenters. The molecule has 172 valence electrons. The summed E-state index contributed by atoms with van der Waals surface area (Å²) in [6, 6.07) is 6.28. The first-order chi connectivity index (χ1) is 15.4. The van der Waals surface area contributed by atoms with E-state index in [2.05, 4.69) is 37.5 Å². The van der Waals surface area contributed by atoms with Crippen molar-refractivity contribution in [2.24, 2.45) is 0 Å². The first kappa shape index (κ1) is 24.0. The number of ketones is 1. The lowest BCUT2D eigenvalue weighted by Gasteiger charge is -2.25. The molecule has 6 heteroatoms. The van der Waals surface area contributed by atoms with Crippen LogP contribution in [-0.4, -0.2) is 46.9 Å². The summed E-state index contributed by atoms with van der Waals surface area (Å²) < 4.78 is 20.2. The highest BCUT2D eigenvalue weighted by Gasteiger charge is 2.36. The van der Waals surface area contributed by atoms with Crippen LogP contribution < -0.4 is 4.74 Å². The number of carbonyl (C=O) groups excluding carboxylic acids is 1. The molecule has 5 nitrogen and oxygen atoms in total. The van der Waals surface area contributed by atoms with Gasteiger partial charge in [-0.25, -0.2) is 4.39 Å². The second-order valence-electron chi connectivity index (χ2n) is 8.02.